The van der Waals surface area contributed by atoms with Gasteiger partial charge in [-0.25, -0.2) is 16.8 Å². The van der Waals surface area contributed by atoms with Gasteiger partial charge in [-0.1, -0.05) is 26.0 Å². The first-order valence-corrected chi connectivity index (χ1v) is 15.3. The number of piperazine rings is 2. The minimum absolute atomic E-state index is 0.165. The lowest BCUT2D eigenvalue weighted by molar-refractivity contribution is 0.196. The van der Waals surface area contributed by atoms with Crippen LogP contribution in [0.5, 0.6) is 5.75 Å². The number of likely N-dealkylation sites (N-methyl/N-ethyl adjacent to an activating group) is 2. The molecular formula is C25H36N4O5S2. The molecule has 2 heterocycles. The molecule has 2 aliphatic heterocycles. The number of nitrogens with zero attached hydrogens (tertiary/aromatic N) is 4. The number of rotatable bonds is 8. The van der Waals surface area contributed by atoms with Gasteiger partial charge in [0.05, 0.1) is 16.9 Å². The summed E-state index contributed by atoms with van der Waals surface area (Å²) >= 11 is 0. The molecule has 0 amide bonds. The molecule has 2 fully saturated rings. The zero-order chi connectivity index (χ0) is 25.9. The number of methoxy groups -OCH3 is 1. The Kier molecular flexibility index (Phi) is 8.38. The largest absolute Gasteiger partial charge is 0.497 e. The van der Waals surface area contributed by atoms with Gasteiger partial charge < -0.3 is 14.5 Å². The summed E-state index contributed by atoms with van der Waals surface area (Å²) in [6, 6.07) is 11.5. The first-order valence-electron chi connectivity index (χ1n) is 12.4. The molecule has 2 aliphatic rings. The third-order valence-corrected chi connectivity index (χ3v) is 11.0. The lowest BCUT2D eigenvalue weighted by Gasteiger charge is -2.33. The third kappa shape index (κ3) is 5.46. The van der Waals surface area contributed by atoms with E-state index in [1.54, 1.807) is 42.5 Å². The van der Waals surface area contributed by atoms with Crippen molar-refractivity contribution in [2.75, 3.05) is 72.6 Å². The second kappa shape index (κ2) is 11.2. The predicted octanol–water partition coefficient (Wildman–Crippen LogP) is 2.01. The van der Waals surface area contributed by atoms with E-state index in [0.29, 0.717) is 69.2 Å². The molecule has 4 rings (SSSR count). The zero-order valence-corrected chi connectivity index (χ0v) is 22.9. The highest BCUT2D eigenvalue weighted by Gasteiger charge is 2.31. The normalized spacial score (nSPS) is 19.4. The molecule has 2 saturated heterocycles. The van der Waals surface area contributed by atoms with Gasteiger partial charge in [0.15, 0.2) is 0 Å². The summed E-state index contributed by atoms with van der Waals surface area (Å²) in [5, 5.41) is 0. The van der Waals surface area contributed by atoms with Crippen LogP contribution in [0.3, 0.4) is 0 Å². The van der Waals surface area contributed by atoms with Crippen LogP contribution in [-0.2, 0) is 20.0 Å². The van der Waals surface area contributed by atoms with Gasteiger partial charge in [-0.3, -0.25) is 0 Å². The fourth-order valence-corrected chi connectivity index (χ4v) is 7.82. The molecule has 36 heavy (non-hydrogen) atoms. The summed E-state index contributed by atoms with van der Waals surface area (Å²) in [6.45, 7) is 10.5. The van der Waals surface area contributed by atoms with Crippen LogP contribution in [0, 0.1) is 0 Å². The van der Waals surface area contributed by atoms with Crippen LogP contribution >= 0.6 is 0 Å². The average molecular weight is 537 g/mol. The van der Waals surface area contributed by atoms with E-state index < -0.39 is 20.0 Å². The van der Waals surface area contributed by atoms with Crippen molar-refractivity contribution < 1.29 is 21.6 Å². The molecule has 9 nitrogen and oxygen atoms in total. The van der Waals surface area contributed by atoms with E-state index >= 15 is 0 Å². The summed E-state index contributed by atoms with van der Waals surface area (Å²) in [5.41, 5.74) is 1.16. The Balaban J connectivity index is 1.63. The van der Waals surface area contributed by atoms with E-state index in [0.717, 1.165) is 13.1 Å². The Hall–Kier alpha value is -2.02. The van der Waals surface area contributed by atoms with Gasteiger partial charge in [0.1, 0.15) is 5.75 Å². The van der Waals surface area contributed by atoms with Crippen LogP contribution in [0.2, 0.25) is 0 Å². The van der Waals surface area contributed by atoms with Crippen molar-refractivity contribution in [3.05, 3.63) is 42.5 Å². The molecule has 0 N–H and O–H groups in total. The fourth-order valence-electron chi connectivity index (χ4n) is 4.75. The van der Waals surface area contributed by atoms with Crippen molar-refractivity contribution in [3.63, 3.8) is 0 Å². The van der Waals surface area contributed by atoms with Crippen molar-refractivity contribution in [3.8, 4) is 16.9 Å². The standard InChI is InChI=1S/C25H36N4O5S2/c1-4-26-12-16-28(17-13-26)35(30,31)23-9-6-21(7-10-23)24-11-8-22(34-3)20-25(24)36(32,33)29-18-14-27(5-2)15-19-29/h6-11,20H,4-5,12-19H2,1-3H3. The van der Waals surface area contributed by atoms with E-state index in [2.05, 4.69) is 23.6 Å². The van der Waals surface area contributed by atoms with Gasteiger partial charge in [-0.05, 0) is 42.9 Å². The lowest BCUT2D eigenvalue weighted by Crippen LogP contribution is -2.48. The zero-order valence-electron chi connectivity index (χ0n) is 21.3. The first kappa shape index (κ1) is 27.0. The summed E-state index contributed by atoms with van der Waals surface area (Å²) in [4.78, 5) is 4.82. The summed E-state index contributed by atoms with van der Waals surface area (Å²) < 4.78 is 62.1. The van der Waals surface area contributed by atoms with Crippen LogP contribution in [0.4, 0.5) is 0 Å². The number of sulfonamides is 2. The molecule has 2 aromatic rings. The van der Waals surface area contributed by atoms with Crippen LogP contribution in [0.15, 0.2) is 52.3 Å². The average Bonchev–Trinajstić information content (AvgIpc) is 2.92. The lowest BCUT2D eigenvalue weighted by atomic mass is 10.1. The Morgan fingerprint density at radius 3 is 1.67 bits per heavy atom. The molecule has 11 heteroatoms. The second-order valence-electron chi connectivity index (χ2n) is 9.06. The van der Waals surface area contributed by atoms with Gasteiger partial charge in [0.2, 0.25) is 20.0 Å². The highest BCUT2D eigenvalue weighted by Crippen LogP contribution is 2.34. The van der Waals surface area contributed by atoms with Crippen LogP contribution < -0.4 is 4.74 Å². The molecule has 0 aliphatic carbocycles. The van der Waals surface area contributed by atoms with Gasteiger partial charge >= 0.3 is 0 Å². The van der Waals surface area contributed by atoms with E-state index in [4.69, 9.17) is 4.74 Å². The van der Waals surface area contributed by atoms with Crippen LogP contribution in [0.1, 0.15) is 13.8 Å². The van der Waals surface area contributed by atoms with Gasteiger partial charge in [0.25, 0.3) is 0 Å². The molecular weight excluding hydrogens is 500 g/mol. The number of hydrogen-bond donors (Lipinski definition) is 0. The van der Waals surface area contributed by atoms with Crippen molar-refractivity contribution >= 4 is 20.0 Å². The van der Waals surface area contributed by atoms with Gasteiger partial charge in [0, 0.05) is 64.0 Å². The molecule has 0 radical (unpaired) electrons. The van der Waals surface area contributed by atoms with Crippen molar-refractivity contribution in [2.45, 2.75) is 23.6 Å². The molecule has 198 valence electrons. The van der Waals surface area contributed by atoms with Crippen molar-refractivity contribution in [1.82, 2.24) is 18.4 Å². The van der Waals surface area contributed by atoms with Gasteiger partial charge in [-0.15, -0.1) is 0 Å². The minimum Gasteiger partial charge on any atom is -0.497 e. The maximum Gasteiger partial charge on any atom is 0.243 e. The SMILES string of the molecule is CCN1CCN(S(=O)(=O)c2ccc(-c3ccc(OC)cc3S(=O)(=O)N3CCN(CC)CC3)cc2)CC1. The third-order valence-electron chi connectivity index (χ3n) is 7.17. The number of ether oxygens (including phenoxy) is 1. The number of hydrogen-bond acceptors (Lipinski definition) is 7. The number of benzene rings is 2. The molecule has 0 spiro atoms. The van der Waals surface area contributed by atoms with Crippen LogP contribution in [-0.4, -0.2) is 108 Å². The van der Waals surface area contributed by atoms with Crippen LogP contribution in [0.25, 0.3) is 11.1 Å². The summed E-state index contributed by atoms with van der Waals surface area (Å²) in [7, 11) is -5.88. The summed E-state index contributed by atoms with van der Waals surface area (Å²) in [5.74, 6) is 0.454. The Bertz CT molecular complexity index is 1250. The van der Waals surface area contributed by atoms with E-state index in [-0.39, 0.29) is 9.79 Å². The summed E-state index contributed by atoms with van der Waals surface area (Å²) in [6.07, 6.45) is 0. The van der Waals surface area contributed by atoms with Crippen molar-refractivity contribution in [2.24, 2.45) is 0 Å². The quantitative estimate of drug-likeness (QED) is 0.510. The first-order chi connectivity index (χ1) is 17.2. The van der Waals surface area contributed by atoms with E-state index in [9.17, 15) is 16.8 Å². The van der Waals surface area contributed by atoms with Gasteiger partial charge in [-0.2, -0.15) is 8.61 Å². The molecule has 0 bridgehead atoms. The van der Waals surface area contributed by atoms with Crippen molar-refractivity contribution in [1.29, 1.82) is 0 Å². The second-order valence-corrected chi connectivity index (χ2v) is 12.9. The topological polar surface area (TPSA) is 90.5 Å². The maximum absolute atomic E-state index is 13.7. The molecule has 0 unspecified atom stereocenters. The highest BCUT2D eigenvalue weighted by atomic mass is 32.2. The maximum atomic E-state index is 13.7. The molecule has 0 aromatic heterocycles. The monoisotopic (exact) mass is 536 g/mol. The Morgan fingerprint density at radius 2 is 1.19 bits per heavy atom. The molecule has 0 atom stereocenters. The Labute approximate surface area is 215 Å². The van der Waals surface area contributed by atoms with E-state index in [1.165, 1.54) is 15.7 Å². The smallest absolute Gasteiger partial charge is 0.243 e. The Morgan fingerprint density at radius 1 is 0.694 bits per heavy atom. The van der Waals surface area contributed by atoms with E-state index in [1.807, 2.05) is 0 Å². The minimum atomic E-state index is -3.77. The fraction of sp³-hybridized carbons (Fsp3) is 0.520. The highest BCUT2D eigenvalue weighted by molar-refractivity contribution is 7.89. The predicted molar refractivity (Wildman–Crippen MR) is 140 cm³/mol. The molecule has 0 saturated carbocycles. The molecule has 2 aromatic carbocycles.